The van der Waals surface area contributed by atoms with Crippen LogP contribution in [0.3, 0.4) is 0 Å². The van der Waals surface area contributed by atoms with Crippen molar-refractivity contribution >= 4 is 34.2 Å². The number of amides is 2. The molecule has 2 aromatic carbocycles. The molecule has 2 amide bonds. The fraction of sp³-hybridized carbons (Fsp3) is 0.529. The minimum Gasteiger partial charge on any atom is -0.444 e. The number of carbonyl (C=O) groups is 2. The predicted molar refractivity (Wildman–Crippen MR) is 170 cm³/mol. The van der Waals surface area contributed by atoms with E-state index in [1.54, 1.807) is 0 Å². The number of rotatable bonds is 3. The lowest BCUT2D eigenvalue weighted by Gasteiger charge is -2.37. The van der Waals surface area contributed by atoms with Crippen molar-refractivity contribution in [3.05, 3.63) is 76.3 Å². The lowest BCUT2D eigenvalue weighted by Crippen LogP contribution is -2.41. The number of benzene rings is 2. The van der Waals surface area contributed by atoms with Gasteiger partial charge in [0.05, 0.1) is 12.1 Å². The first-order valence-corrected chi connectivity index (χ1v) is 15.5. The summed E-state index contributed by atoms with van der Waals surface area (Å²) in [4.78, 5) is 28.6. The highest BCUT2D eigenvalue weighted by atomic mass is 79.9. The van der Waals surface area contributed by atoms with Gasteiger partial charge in [0.25, 0.3) is 0 Å². The van der Waals surface area contributed by atoms with E-state index >= 15 is 0 Å². The van der Waals surface area contributed by atoms with Crippen LogP contribution in [-0.2, 0) is 9.47 Å². The topological polar surface area (TPSA) is 59.1 Å². The predicted octanol–water partition coefficient (Wildman–Crippen LogP) is 9.70. The van der Waals surface area contributed by atoms with E-state index in [0.29, 0.717) is 0 Å². The smallest absolute Gasteiger partial charge is 0.410 e. The Kier molecular flexibility index (Phi) is 11.5. The van der Waals surface area contributed by atoms with Gasteiger partial charge in [-0.3, -0.25) is 0 Å². The lowest BCUT2D eigenvalue weighted by atomic mass is 9.94. The summed E-state index contributed by atoms with van der Waals surface area (Å²) < 4.78 is 12.1. The second kappa shape index (κ2) is 14.4. The minimum atomic E-state index is -0.456. The van der Waals surface area contributed by atoms with E-state index in [9.17, 15) is 9.59 Å². The van der Waals surface area contributed by atoms with E-state index in [0.717, 1.165) is 67.2 Å². The molecule has 0 N–H and O–H groups in total. The Morgan fingerprint density at radius 2 is 1.24 bits per heavy atom. The van der Waals surface area contributed by atoms with Crippen molar-refractivity contribution < 1.29 is 19.1 Å². The molecule has 2 aliphatic rings. The first-order chi connectivity index (χ1) is 19.3. The van der Waals surface area contributed by atoms with Crippen LogP contribution in [0.25, 0.3) is 6.08 Å². The third-order valence-corrected chi connectivity index (χ3v) is 7.52. The standard InChI is InChI=1S/C18H25NO2.C16H22BrNO2/c1-5-14-9-8-10-15(13-14)16-11-6-7-12-19(16)17(20)21-18(2,3)4;1-16(2,3)20-15(19)18-10-5-4-9-14(18)12-7-6-8-13(17)11-12/h5,8-10,13,16H,1,6-7,11-12H2,2-4H3;6-8,11,14H,4-5,9-10H2,1-3H3. The molecule has 0 radical (unpaired) electrons. The Balaban J connectivity index is 0.000000226. The molecule has 0 aromatic heterocycles. The maximum atomic E-state index is 12.4. The SMILES string of the molecule is C=Cc1cccc(C2CCCCN2C(=O)OC(C)(C)C)c1.CC(C)(C)OC(=O)N1CCCCC1c1cccc(Br)c1. The molecule has 224 valence electrons. The van der Waals surface area contributed by atoms with Crippen LogP contribution in [0.1, 0.15) is 109 Å². The minimum absolute atomic E-state index is 0.105. The van der Waals surface area contributed by atoms with E-state index in [4.69, 9.17) is 9.47 Å². The zero-order valence-electron chi connectivity index (χ0n) is 25.6. The number of piperidine rings is 2. The van der Waals surface area contributed by atoms with Gasteiger partial charge in [0, 0.05) is 17.6 Å². The van der Waals surface area contributed by atoms with Gasteiger partial charge in [-0.2, -0.15) is 0 Å². The molecule has 2 aromatic rings. The fourth-order valence-electron chi connectivity index (χ4n) is 5.24. The molecule has 7 heteroatoms. The van der Waals surface area contributed by atoms with Crippen LogP contribution in [0.15, 0.2) is 59.6 Å². The number of halogens is 1. The summed E-state index contributed by atoms with van der Waals surface area (Å²) >= 11 is 3.50. The van der Waals surface area contributed by atoms with Gasteiger partial charge in [-0.05, 0) is 115 Å². The summed E-state index contributed by atoms with van der Waals surface area (Å²) in [5.41, 5.74) is 2.52. The van der Waals surface area contributed by atoms with Crippen LogP contribution in [0, 0.1) is 0 Å². The number of hydrogen-bond donors (Lipinski definition) is 0. The highest BCUT2D eigenvalue weighted by Gasteiger charge is 2.32. The van der Waals surface area contributed by atoms with Crippen molar-refractivity contribution in [1.82, 2.24) is 9.80 Å². The molecular weight excluding hydrogens is 580 g/mol. The summed E-state index contributed by atoms with van der Waals surface area (Å²) in [5, 5.41) is 0. The number of hydrogen-bond acceptors (Lipinski definition) is 4. The molecule has 0 saturated carbocycles. The molecule has 0 spiro atoms. The second-order valence-electron chi connectivity index (χ2n) is 12.8. The van der Waals surface area contributed by atoms with Crippen molar-refractivity contribution in [3.8, 4) is 0 Å². The van der Waals surface area contributed by atoms with Crippen molar-refractivity contribution in [2.75, 3.05) is 13.1 Å². The summed E-state index contributed by atoms with van der Waals surface area (Å²) in [6, 6.07) is 16.7. The quantitative estimate of drug-likeness (QED) is 0.340. The van der Waals surface area contributed by atoms with Crippen LogP contribution in [0.5, 0.6) is 0 Å². The third-order valence-electron chi connectivity index (χ3n) is 7.03. The number of ether oxygens (including phenoxy) is 2. The molecular formula is C34H47BrN2O4. The Morgan fingerprint density at radius 3 is 1.68 bits per heavy atom. The Bertz CT molecular complexity index is 1180. The van der Waals surface area contributed by atoms with Crippen LogP contribution < -0.4 is 0 Å². The highest BCUT2D eigenvalue weighted by Crippen LogP contribution is 2.34. The van der Waals surface area contributed by atoms with E-state index in [1.165, 1.54) is 5.56 Å². The zero-order chi connectivity index (χ0) is 30.2. The first kappa shape index (κ1) is 32.7. The van der Waals surface area contributed by atoms with Crippen LogP contribution in [0.2, 0.25) is 0 Å². The van der Waals surface area contributed by atoms with Gasteiger partial charge in [-0.15, -0.1) is 0 Å². The molecule has 2 heterocycles. The van der Waals surface area contributed by atoms with Crippen LogP contribution in [0.4, 0.5) is 9.59 Å². The van der Waals surface area contributed by atoms with E-state index < -0.39 is 11.2 Å². The van der Waals surface area contributed by atoms with Gasteiger partial charge in [-0.25, -0.2) is 9.59 Å². The molecule has 2 saturated heterocycles. The van der Waals surface area contributed by atoms with Gasteiger partial charge in [0.1, 0.15) is 11.2 Å². The maximum Gasteiger partial charge on any atom is 0.410 e. The average molecular weight is 628 g/mol. The normalized spacial score (nSPS) is 19.5. The molecule has 2 unspecified atom stereocenters. The Morgan fingerprint density at radius 1 is 0.780 bits per heavy atom. The average Bonchev–Trinajstić information content (AvgIpc) is 2.91. The van der Waals surface area contributed by atoms with E-state index in [2.05, 4.69) is 46.8 Å². The van der Waals surface area contributed by atoms with Gasteiger partial charge >= 0.3 is 12.2 Å². The van der Waals surface area contributed by atoms with Crippen molar-refractivity contribution in [2.45, 2.75) is 103 Å². The highest BCUT2D eigenvalue weighted by molar-refractivity contribution is 9.10. The Labute approximate surface area is 255 Å². The van der Waals surface area contributed by atoms with Crippen LogP contribution >= 0.6 is 15.9 Å². The number of nitrogens with zero attached hydrogens (tertiary/aromatic N) is 2. The van der Waals surface area contributed by atoms with Crippen molar-refractivity contribution in [3.63, 3.8) is 0 Å². The maximum absolute atomic E-state index is 12.4. The van der Waals surface area contributed by atoms with Crippen LogP contribution in [-0.4, -0.2) is 46.3 Å². The molecule has 0 bridgehead atoms. The summed E-state index contributed by atoms with van der Waals surface area (Å²) in [6.07, 6.45) is 7.78. The van der Waals surface area contributed by atoms with Crippen molar-refractivity contribution in [2.24, 2.45) is 0 Å². The molecule has 2 aliphatic heterocycles. The fourth-order valence-corrected chi connectivity index (χ4v) is 5.66. The lowest BCUT2D eigenvalue weighted by molar-refractivity contribution is 0.00852. The number of carbonyl (C=O) groups excluding carboxylic acids is 2. The molecule has 0 aliphatic carbocycles. The second-order valence-corrected chi connectivity index (χ2v) is 13.7. The van der Waals surface area contributed by atoms with E-state index in [-0.39, 0.29) is 24.3 Å². The molecule has 41 heavy (non-hydrogen) atoms. The van der Waals surface area contributed by atoms with E-state index in [1.807, 2.05) is 81.7 Å². The van der Waals surface area contributed by atoms with Gasteiger partial charge in [-0.1, -0.05) is 58.9 Å². The molecule has 6 nitrogen and oxygen atoms in total. The summed E-state index contributed by atoms with van der Waals surface area (Å²) in [7, 11) is 0. The van der Waals surface area contributed by atoms with Gasteiger partial charge in [0.2, 0.25) is 0 Å². The van der Waals surface area contributed by atoms with Crippen molar-refractivity contribution in [1.29, 1.82) is 0 Å². The molecule has 4 rings (SSSR count). The molecule has 2 atom stereocenters. The van der Waals surface area contributed by atoms with Gasteiger partial charge in [0.15, 0.2) is 0 Å². The number of likely N-dealkylation sites (tertiary alicyclic amines) is 2. The summed E-state index contributed by atoms with van der Waals surface area (Å²) in [6.45, 7) is 16.8. The monoisotopic (exact) mass is 626 g/mol. The molecule has 2 fully saturated rings. The third kappa shape index (κ3) is 10.2. The first-order valence-electron chi connectivity index (χ1n) is 14.7. The largest absolute Gasteiger partial charge is 0.444 e. The van der Waals surface area contributed by atoms with Gasteiger partial charge < -0.3 is 19.3 Å². The summed E-state index contributed by atoms with van der Waals surface area (Å²) in [5.74, 6) is 0. The zero-order valence-corrected chi connectivity index (χ0v) is 27.2. The Hall–Kier alpha value is -2.80.